The second-order valence-electron chi connectivity index (χ2n) is 2.89. The lowest BCUT2D eigenvalue weighted by Gasteiger charge is -2.09. The predicted molar refractivity (Wildman–Crippen MR) is 49.2 cm³/mol. The van der Waals surface area contributed by atoms with Gasteiger partial charge in [0.25, 0.3) is 5.69 Å². The Labute approximate surface area is 89.0 Å². The van der Waals surface area contributed by atoms with E-state index in [1.807, 2.05) is 0 Å². The van der Waals surface area contributed by atoms with Gasteiger partial charge in [0.15, 0.2) is 0 Å². The Bertz CT molecular complexity index is 469. The van der Waals surface area contributed by atoms with E-state index in [1.165, 1.54) is 6.92 Å². The number of nitriles is 1. The summed E-state index contributed by atoms with van der Waals surface area (Å²) in [6, 6.07) is 3.54. The lowest BCUT2D eigenvalue weighted by molar-refractivity contribution is -0.385. The zero-order valence-corrected chi connectivity index (χ0v) is 8.11. The Morgan fingerprint density at radius 3 is 2.62 bits per heavy atom. The Balaban J connectivity index is 3.30. The molecule has 0 radical (unpaired) electrons. The average Bonchev–Trinajstić information content (AvgIpc) is 2.19. The second kappa shape index (κ2) is 4.53. The van der Waals surface area contributed by atoms with Gasteiger partial charge in [-0.1, -0.05) is 0 Å². The summed E-state index contributed by atoms with van der Waals surface area (Å²) in [5.74, 6) is -0.330. The lowest BCUT2D eigenvalue weighted by Crippen LogP contribution is -2.05. The lowest BCUT2D eigenvalue weighted by atomic mass is 10.1. The summed E-state index contributed by atoms with van der Waals surface area (Å²) in [5, 5.41) is 19.1. The molecule has 0 bridgehead atoms. The smallest absolute Gasteiger partial charge is 0.387 e. The number of rotatable bonds is 3. The van der Waals surface area contributed by atoms with Crippen LogP contribution < -0.4 is 4.74 Å². The molecule has 0 saturated heterocycles. The summed E-state index contributed by atoms with van der Waals surface area (Å²) in [4.78, 5) is 9.75. The summed E-state index contributed by atoms with van der Waals surface area (Å²) in [6.07, 6.45) is 0. The third kappa shape index (κ3) is 2.42. The first-order valence-corrected chi connectivity index (χ1v) is 4.09. The molecule has 5 nitrogen and oxygen atoms in total. The maximum Gasteiger partial charge on any atom is 0.387 e. The van der Waals surface area contributed by atoms with Gasteiger partial charge < -0.3 is 4.74 Å². The number of benzene rings is 1. The van der Waals surface area contributed by atoms with Gasteiger partial charge in [-0.05, 0) is 12.5 Å². The monoisotopic (exact) mass is 228 g/mol. The molecule has 0 fully saturated rings. The number of ether oxygens (including phenoxy) is 1. The Kier molecular flexibility index (Phi) is 3.35. The van der Waals surface area contributed by atoms with Gasteiger partial charge in [0.2, 0.25) is 0 Å². The number of nitro benzene ring substituents is 1. The molecule has 0 aliphatic heterocycles. The highest BCUT2D eigenvalue weighted by Crippen LogP contribution is 2.29. The molecule has 0 aromatic heterocycles. The topological polar surface area (TPSA) is 76.2 Å². The summed E-state index contributed by atoms with van der Waals surface area (Å²) in [7, 11) is 0. The first-order chi connectivity index (χ1) is 7.45. The molecule has 0 saturated carbocycles. The summed E-state index contributed by atoms with van der Waals surface area (Å²) in [6.45, 7) is -1.72. The molecule has 0 spiro atoms. The molecule has 7 heteroatoms. The van der Waals surface area contributed by atoms with E-state index in [-0.39, 0.29) is 22.6 Å². The van der Waals surface area contributed by atoms with E-state index in [0.29, 0.717) is 0 Å². The minimum atomic E-state index is -3.08. The van der Waals surface area contributed by atoms with Crippen molar-refractivity contribution < 1.29 is 18.4 Å². The Morgan fingerprint density at radius 1 is 1.56 bits per heavy atom. The molecule has 0 heterocycles. The van der Waals surface area contributed by atoms with E-state index in [0.717, 1.165) is 12.1 Å². The first-order valence-electron chi connectivity index (χ1n) is 4.09. The molecule has 1 aromatic rings. The van der Waals surface area contributed by atoms with Gasteiger partial charge in [-0.3, -0.25) is 10.1 Å². The number of alkyl halides is 2. The van der Waals surface area contributed by atoms with Crippen LogP contribution in [0.4, 0.5) is 14.5 Å². The van der Waals surface area contributed by atoms with Crippen LogP contribution in [0.1, 0.15) is 11.1 Å². The fraction of sp³-hybridized carbons (Fsp3) is 0.222. The van der Waals surface area contributed by atoms with Gasteiger partial charge in [-0.15, -0.1) is 0 Å². The summed E-state index contributed by atoms with van der Waals surface area (Å²) < 4.78 is 28.1. The number of halogens is 2. The molecular formula is C9H6F2N2O3. The van der Waals surface area contributed by atoms with Crippen molar-refractivity contribution in [3.63, 3.8) is 0 Å². The normalized spacial score (nSPS) is 9.94. The van der Waals surface area contributed by atoms with Crippen LogP contribution in [0.25, 0.3) is 0 Å². The van der Waals surface area contributed by atoms with Crippen LogP contribution in [0.15, 0.2) is 12.1 Å². The summed E-state index contributed by atoms with van der Waals surface area (Å²) >= 11 is 0. The van der Waals surface area contributed by atoms with Crippen molar-refractivity contribution in [3.8, 4) is 11.8 Å². The zero-order valence-electron chi connectivity index (χ0n) is 8.11. The van der Waals surface area contributed by atoms with E-state index >= 15 is 0 Å². The third-order valence-electron chi connectivity index (χ3n) is 1.80. The highest BCUT2D eigenvalue weighted by atomic mass is 19.3. The van der Waals surface area contributed by atoms with Gasteiger partial charge in [0.05, 0.1) is 4.92 Å². The van der Waals surface area contributed by atoms with Crippen LogP contribution in [-0.2, 0) is 0 Å². The first kappa shape index (κ1) is 11.8. The van der Waals surface area contributed by atoms with Crippen LogP contribution in [0.5, 0.6) is 5.75 Å². The van der Waals surface area contributed by atoms with Crippen molar-refractivity contribution in [2.45, 2.75) is 13.5 Å². The number of aryl methyl sites for hydroxylation is 1. The fourth-order valence-electron chi connectivity index (χ4n) is 1.19. The Morgan fingerprint density at radius 2 is 2.19 bits per heavy atom. The standard InChI is InChI=1S/C9H6F2N2O3/c1-5-2-7(13(14)15)3-6(4-12)8(5)16-9(10)11/h2-3,9H,1H3. The largest absolute Gasteiger partial charge is 0.433 e. The van der Waals surface area contributed by atoms with E-state index in [4.69, 9.17) is 5.26 Å². The minimum Gasteiger partial charge on any atom is -0.433 e. The zero-order chi connectivity index (χ0) is 12.3. The average molecular weight is 228 g/mol. The number of nitrogens with zero attached hydrogens (tertiary/aromatic N) is 2. The maximum absolute atomic E-state index is 12.0. The highest BCUT2D eigenvalue weighted by molar-refractivity contribution is 5.54. The SMILES string of the molecule is Cc1cc([N+](=O)[O-])cc(C#N)c1OC(F)F. The van der Waals surface area contributed by atoms with Crippen LogP contribution in [0, 0.1) is 28.4 Å². The molecule has 0 atom stereocenters. The van der Waals surface area contributed by atoms with E-state index in [2.05, 4.69) is 4.74 Å². The number of nitro groups is 1. The molecule has 0 aliphatic carbocycles. The molecule has 0 N–H and O–H groups in total. The number of hydrogen-bond acceptors (Lipinski definition) is 4. The van der Waals surface area contributed by atoms with Crippen LogP contribution >= 0.6 is 0 Å². The Hall–Kier alpha value is -2.23. The van der Waals surface area contributed by atoms with Crippen molar-refractivity contribution >= 4 is 5.69 Å². The van der Waals surface area contributed by atoms with Gasteiger partial charge in [0.1, 0.15) is 17.4 Å². The van der Waals surface area contributed by atoms with E-state index < -0.39 is 11.5 Å². The van der Waals surface area contributed by atoms with Crippen molar-refractivity contribution in [1.82, 2.24) is 0 Å². The van der Waals surface area contributed by atoms with Gasteiger partial charge in [-0.2, -0.15) is 14.0 Å². The molecule has 0 aliphatic rings. The quantitative estimate of drug-likeness (QED) is 0.587. The molecule has 84 valence electrons. The number of non-ortho nitro benzene ring substituents is 1. The molecule has 1 aromatic carbocycles. The van der Waals surface area contributed by atoms with Crippen molar-refractivity contribution in [3.05, 3.63) is 33.4 Å². The second-order valence-corrected chi connectivity index (χ2v) is 2.89. The maximum atomic E-state index is 12.0. The van der Waals surface area contributed by atoms with E-state index in [9.17, 15) is 18.9 Å². The van der Waals surface area contributed by atoms with Crippen molar-refractivity contribution in [2.75, 3.05) is 0 Å². The van der Waals surface area contributed by atoms with Crippen LogP contribution in [0.2, 0.25) is 0 Å². The molecule has 1 rings (SSSR count). The molecule has 0 amide bonds. The fourth-order valence-corrected chi connectivity index (χ4v) is 1.19. The van der Waals surface area contributed by atoms with Crippen LogP contribution in [-0.4, -0.2) is 11.5 Å². The predicted octanol–water partition coefficient (Wildman–Crippen LogP) is 2.38. The summed E-state index contributed by atoms with van der Waals surface area (Å²) in [5.41, 5.74) is -0.506. The van der Waals surface area contributed by atoms with Gasteiger partial charge in [0, 0.05) is 12.1 Å². The number of hydrogen-bond donors (Lipinski definition) is 0. The van der Waals surface area contributed by atoms with Gasteiger partial charge >= 0.3 is 6.61 Å². The minimum absolute atomic E-state index is 0.117. The van der Waals surface area contributed by atoms with Crippen LogP contribution in [0.3, 0.4) is 0 Å². The molecule has 16 heavy (non-hydrogen) atoms. The van der Waals surface area contributed by atoms with Crippen molar-refractivity contribution in [1.29, 1.82) is 5.26 Å². The van der Waals surface area contributed by atoms with E-state index in [1.54, 1.807) is 6.07 Å². The van der Waals surface area contributed by atoms with Crippen molar-refractivity contribution in [2.24, 2.45) is 0 Å². The molecule has 0 unspecified atom stereocenters. The highest BCUT2D eigenvalue weighted by Gasteiger charge is 2.17. The molecular weight excluding hydrogens is 222 g/mol. The van der Waals surface area contributed by atoms with Gasteiger partial charge in [-0.25, -0.2) is 0 Å². The third-order valence-corrected chi connectivity index (χ3v) is 1.80.